The lowest BCUT2D eigenvalue weighted by atomic mass is 10.1. The molecule has 0 unspecified atom stereocenters. The molecule has 1 atom stereocenters. The smallest absolute Gasteiger partial charge is 0.273 e. The fourth-order valence-corrected chi connectivity index (χ4v) is 2.91. The molecule has 0 saturated heterocycles. The topological polar surface area (TPSA) is 97.0 Å². The van der Waals surface area contributed by atoms with E-state index in [2.05, 4.69) is 27.1 Å². The average Bonchev–Trinajstić information content (AvgIpc) is 2.77. The van der Waals surface area contributed by atoms with Gasteiger partial charge in [0.2, 0.25) is 5.91 Å². The molecule has 0 saturated carbocycles. The summed E-state index contributed by atoms with van der Waals surface area (Å²) < 4.78 is 5.50. The number of amides is 1. The molecule has 30 heavy (non-hydrogen) atoms. The van der Waals surface area contributed by atoms with Crippen LogP contribution in [-0.4, -0.2) is 27.7 Å². The zero-order valence-electron chi connectivity index (χ0n) is 16.8. The molecule has 1 aromatic heterocycles. The van der Waals surface area contributed by atoms with E-state index in [-0.39, 0.29) is 36.0 Å². The Labute approximate surface area is 174 Å². The van der Waals surface area contributed by atoms with E-state index in [1.165, 1.54) is 0 Å². The largest absolute Gasteiger partial charge is 0.490 e. The van der Waals surface area contributed by atoms with Crippen molar-refractivity contribution in [2.24, 2.45) is 0 Å². The summed E-state index contributed by atoms with van der Waals surface area (Å²) in [6.07, 6.45) is 2.01. The molecule has 0 fully saturated rings. The molecule has 0 aliphatic heterocycles. The van der Waals surface area contributed by atoms with Crippen LogP contribution in [0.2, 0.25) is 0 Å². The Hall–Kier alpha value is -3.74. The average molecular weight is 404 g/mol. The van der Waals surface area contributed by atoms with Crippen molar-refractivity contribution < 1.29 is 9.53 Å². The zero-order valence-corrected chi connectivity index (χ0v) is 16.8. The summed E-state index contributed by atoms with van der Waals surface area (Å²) in [4.78, 5) is 27.4. The van der Waals surface area contributed by atoms with E-state index in [0.29, 0.717) is 23.7 Å². The molecule has 0 radical (unpaired) electrons. The van der Waals surface area contributed by atoms with Crippen LogP contribution in [0.5, 0.6) is 5.75 Å². The van der Waals surface area contributed by atoms with Crippen molar-refractivity contribution in [3.8, 4) is 17.1 Å². The lowest BCUT2D eigenvalue weighted by Crippen LogP contribution is -2.28. The first kappa shape index (κ1) is 21.0. The molecule has 3 rings (SSSR count). The molecule has 0 spiro atoms. The first-order chi connectivity index (χ1) is 14.6. The number of carbonyl (C=O) groups is 1. The molecule has 154 valence electrons. The van der Waals surface area contributed by atoms with E-state index in [9.17, 15) is 9.59 Å². The number of nitrogens with zero attached hydrogens (tertiary/aromatic N) is 2. The van der Waals surface area contributed by atoms with Gasteiger partial charge in [-0.15, -0.1) is 10.2 Å². The van der Waals surface area contributed by atoms with Crippen molar-refractivity contribution in [2.45, 2.75) is 25.8 Å². The number of H-pyrrole nitrogens is 1. The molecular formula is C23H24N4O3. The zero-order chi connectivity index (χ0) is 21.3. The first-order valence-electron chi connectivity index (χ1n) is 9.71. The van der Waals surface area contributed by atoms with Crippen molar-refractivity contribution >= 4 is 5.91 Å². The van der Waals surface area contributed by atoms with Gasteiger partial charge >= 0.3 is 0 Å². The minimum atomic E-state index is -0.360. The molecule has 0 aliphatic rings. The predicted molar refractivity (Wildman–Crippen MR) is 115 cm³/mol. The van der Waals surface area contributed by atoms with E-state index >= 15 is 0 Å². The number of carbonyl (C=O) groups excluding carboxylic acids is 1. The highest BCUT2D eigenvalue weighted by Crippen LogP contribution is 2.20. The van der Waals surface area contributed by atoms with Crippen LogP contribution >= 0.6 is 0 Å². The summed E-state index contributed by atoms with van der Waals surface area (Å²) >= 11 is 0. The normalized spacial score (nSPS) is 11.5. The van der Waals surface area contributed by atoms with Gasteiger partial charge in [0.05, 0.1) is 6.04 Å². The van der Waals surface area contributed by atoms with Crippen molar-refractivity contribution in [2.75, 3.05) is 6.61 Å². The maximum atomic E-state index is 12.4. The summed E-state index contributed by atoms with van der Waals surface area (Å²) in [7, 11) is 0. The third kappa shape index (κ3) is 5.64. The van der Waals surface area contributed by atoms with Gasteiger partial charge in [0, 0.05) is 18.4 Å². The maximum absolute atomic E-state index is 12.4. The van der Waals surface area contributed by atoms with Crippen LogP contribution in [0.3, 0.4) is 0 Å². The van der Waals surface area contributed by atoms with E-state index in [1.807, 2.05) is 43.3 Å². The van der Waals surface area contributed by atoms with Gasteiger partial charge in [-0.2, -0.15) is 0 Å². The Balaban J connectivity index is 1.61. The van der Waals surface area contributed by atoms with Crippen molar-refractivity contribution in [1.29, 1.82) is 0 Å². The minimum absolute atomic E-state index is 0.110. The highest BCUT2D eigenvalue weighted by Gasteiger charge is 2.12. The van der Waals surface area contributed by atoms with Gasteiger partial charge < -0.3 is 15.0 Å². The van der Waals surface area contributed by atoms with Crippen LogP contribution in [0, 0.1) is 0 Å². The Bertz CT molecular complexity index is 1060. The van der Waals surface area contributed by atoms with E-state index < -0.39 is 0 Å². The molecule has 7 heteroatoms. The third-order valence-electron chi connectivity index (χ3n) is 4.51. The molecule has 2 N–H and O–H groups in total. The molecule has 2 aromatic carbocycles. The summed E-state index contributed by atoms with van der Waals surface area (Å²) in [5, 5.41) is 11.1. The van der Waals surface area contributed by atoms with E-state index in [0.717, 1.165) is 5.56 Å². The highest BCUT2D eigenvalue weighted by atomic mass is 16.5. The molecule has 0 bridgehead atoms. The van der Waals surface area contributed by atoms with Gasteiger partial charge in [0.25, 0.3) is 5.56 Å². The number of ether oxygens (including phenoxy) is 1. The molecule has 0 aliphatic carbocycles. The number of nitrogens with one attached hydrogen (secondary N) is 2. The van der Waals surface area contributed by atoms with Gasteiger partial charge in [-0.05, 0) is 24.6 Å². The lowest BCUT2D eigenvalue weighted by Gasteiger charge is -2.14. The number of aromatic nitrogens is 3. The molecular weight excluding hydrogens is 380 g/mol. The van der Waals surface area contributed by atoms with Gasteiger partial charge in [-0.1, -0.05) is 55.1 Å². The van der Waals surface area contributed by atoms with Gasteiger partial charge in [0.15, 0.2) is 5.82 Å². The van der Waals surface area contributed by atoms with Crippen molar-refractivity contribution in [1.82, 2.24) is 20.5 Å². The van der Waals surface area contributed by atoms with E-state index in [1.54, 1.807) is 24.3 Å². The second-order valence-corrected chi connectivity index (χ2v) is 6.78. The standard InChI is InChI=1S/C23H24N4O3/c1-3-14-30-19-11-7-10-18(15-19)22-25-23(29)20(26-27-22)12-13-21(28)24-16(2)17-8-5-4-6-9-17/h3-11,15-16H,1,12-14H2,2H3,(H,24,28)(H,25,27,29)/t16-/m0/s1. The fourth-order valence-electron chi connectivity index (χ4n) is 2.91. The third-order valence-corrected chi connectivity index (χ3v) is 4.51. The summed E-state index contributed by atoms with van der Waals surface area (Å²) in [6.45, 7) is 5.92. The van der Waals surface area contributed by atoms with Crippen molar-refractivity contribution in [3.63, 3.8) is 0 Å². The van der Waals surface area contributed by atoms with Gasteiger partial charge in [-0.25, -0.2) is 0 Å². The monoisotopic (exact) mass is 404 g/mol. The van der Waals surface area contributed by atoms with Crippen LogP contribution in [0.25, 0.3) is 11.4 Å². The van der Waals surface area contributed by atoms with Crippen LogP contribution in [0.4, 0.5) is 0 Å². The van der Waals surface area contributed by atoms with E-state index in [4.69, 9.17) is 4.74 Å². The highest BCUT2D eigenvalue weighted by molar-refractivity contribution is 5.76. The number of aryl methyl sites for hydroxylation is 1. The predicted octanol–water partition coefficient (Wildman–Crippen LogP) is 3.21. The second-order valence-electron chi connectivity index (χ2n) is 6.78. The fraction of sp³-hybridized carbons (Fsp3) is 0.217. The van der Waals surface area contributed by atoms with Crippen molar-refractivity contribution in [3.05, 3.63) is 88.9 Å². The van der Waals surface area contributed by atoms with Gasteiger partial charge in [-0.3, -0.25) is 9.59 Å². The molecule has 1 heterocycles. The Morgan fingerprint density at radius 3 is 2.73 bits per heavy atom. The Morgan fingerprint density at radius 1 is 1.20 bits per heavy atom. The Kier molecular flexibility index (Phi) is 7.10. The Morgan fingerprint density at radius 2 is 2.00 bits per heavy atom. The van der Waals surface area contributed by atoms with Crippen LogP contribution in [0.15, 0.2) is 72.0 Å². The SMILES string of the molecule is C=CCOc1cccc(-c2nnc(CCC(=O)N[C@@H](C)c3ccccc3)c(=O)[nH]2)c1. The number of aromatic amines is 1. The molecule has 3 aromatic rings. The number of rotatable bonds is 9. The second kappa shape index (κ2) is 10.2. The summed E-state index contributed by atoms with van der Waals surface area (Å²) in [5.74, 6) is 0.835. The maximum Gasteiger partial charge on any atom is 0.273 e. The number of hydrogen-bond donors (Lipinski definition) is 2. The van der Waals surface area contributed by atoms with Crippen LogP contribution in [0.1, 0.15) is 30.6 Å². The summed E-state index contributed by atoms with van der Waals surface area (Å²) in [6, 6.07) is 16.8. The lowest BCUT2D eigenvalue weighted by molar-refractivity contribution is -0.121. The molecule has 1 amide bonds. The first-order valence-corrected chi connectivity index (χ1v) is 9.71. The van der Waals surface area contributed by atoms with Crippen LogP contribution < -0.4 is 15.6 Å². The van der Waals surface area contributed by atoms with Gasteiger partial charge in [0.1, 0.15) is 18.1 Å². The van der Waals surface area contributed by atoms with Crippen LogP contribution in [-0.2, 0) is 11.2 Å². The quantitative estimate of drug-likeness (QED) is 0.534. The summed E-state index contributed by atoms with van der Waals surface area (Å²) in [5.41, 5.74) is 1.57. The minimum Gasteiger partial charge on any atom is -0.490 e. The number of hydrogen-bond acceptors (Lipinski definition) is 5. The molecule has 7 nitrogen and oxygen atoms in total. The number of benzene rings is 2.